The topological polar surface area (TPSA) is 73.8 Å². The monoisotopic (exact) mass is 325 g/mol. The van der Waals surface area contributed by atoms with Gasteiger partial charge in [-0.25, -0.2) is 0 Å². The molecule has 0 aliphatic carbocycles. The lowest BCUT2D eigenvalue weighted by Crippen LogP contribution is -2.21. The first-order valence-corrected chi connectivity index (χ1v) is 7.80. The molecule has 1 N–H and O–H groups in total. The number of hydrogen-bond acceptors (Lipinski definition) is 5. The molecule has 0 aliphatic rings. The zero-order valence-electron chi connectivity index (χ0n) is 14.1. The Labute approximate surface area is 142 Å². The molecule has 0 atom stereocenters. The first-order chi connectivity index (χ1) is 11.5. The Morgan fingerprint density at radius 1 is 1.08 bits per heavy atom. The smallest absolute Gasteiger partial charge is 0.119 e. The second-order valence-corrected chi connectivity index (χ2v) is 5.90. The van der Waals surface area contributed by atoms with Crippen LogP contribution >= 0.6 is 0 Å². The molecular formula is C19H21N2O3-. The van der Waals surface area contributed by atoms with Crippen molar-refractivity contribution < 1.29 is 14.6 Å². The van der Waals surface area contributed by atoms with Crippen LogP contribution in [0, 0.1) is 5.92 Å². The molecule has 0 aromatic heterocycles. The molecule has 2 aromatic carbocycles. The Morgan fingerprint density at radius 3 is 2.21 bits per heavy atom. The van der Waals surface area contributed by atoms with E-state index in [2.05, 4.69) is 24.4 Å². The molecule has 0 unspecified atom stereocenters. The van der Waals surface area contributed by atoms with Gasteiger partial charge in [0.1, 0.15) is 5.75 Å². The van der Waals surface area contributed by atoms with Crippen LogP contribution in [-0.4, -0.2) is 18.3 Å². The van der Waals surface area contributed by atoms with Gasteiger partial charge in [-0.05, 0) is 60.4 Å². The van der Waals surface area contributed by atoms with Crippen LogP contribution in [0.25, 0.3) is 0 Å². The van der Waals surface area contributed by atoms with E-state index in [0.29, 0.717) is 18.2 Å². The minimum atomic E-state index is -1.19. The highest BCUT2D eigenvalue weighted by atomic mass is 16.5. The number of carbonyl (C=O) groups is 1. The molecule has 0 aliphatic heterocycles. The van der Waals surface area contributed by atoms with Crippen LogP contribution < -0.4 is 15.3 Å². The van der Waals surface area contributed by atoms with E-state index < -0.39 is 5.97 Å². The van der Waals surface area contributed by atoms with Gasteiger partial charge < -0.3 is 14.6 Å². The predicted molar refractivity (Wildman–Crippen MR) is 93.4 cm³/mol. The largest absolute Gasteiger partial charge is 0.545 e. The maximum Gasteiger partial charge on any atom is 0.119 e. The number of hydrogen-bond donors (Lipinski definition) is 1. The van der Waals surface area contributed by atoms with Crippen LogP contribution in [0.1, 0.15) is 36.7 Å². The molecule has 0 amide bonds. The third-order valence-electron chi connectivity index (χ3n) is 3.33. The average Bonchev–Trinajstić information content (AvgIpc) is 2.58. The standard InChI is InChI=1S/C19H22N2O3/c1-13(2)12-24-18-10-6-15(7-11-18)14(3)20-21-17-8-4-16(5-9-17)19(22)23/h4-11,13,21H,12H2,1-3H3,(H,22,23)/p-1/b20-14-. The molecule has 0 heterocycles. The third kappa shape index (κ3) is 5.12. The van der Waals surface area contributed by atoms with Crippen molar-refractivity contribution in [3.8, 4) is 5.75 Å². The van der Waals surface area contributed by atoms with Gasteiger partial charge in [-0.1, -0.05) is 26.0 Å². The fraction of sp³-hybridized carbons (Fsp3) is 0.263. The highest BCUT2D eigenvalue weighted by Gasteiger charge is 2.01. The Hall–Kier alpha value is -2.82. The van der Waals surface area contributed by atoms with Crippen molar-refractivity contribution in [2.45, 2.75) is 20.8 Å². The first-order valence-electron chi connectivity index (χ1n) is 7.80. The number of nitrogens with one attached hydrogen (secondary N) is 1. The lowest BCUT2D eigenvalue weighted by Gasteiger charge is -2.09. The van der Waals surface area contributed by atoms with Crippen LogP contribution in [0.2, 0.25) is 0 Å². The van der Waals surface area contributed by atoms with E-state index in [9.17, 15) is 9.90 Å². The molecule has 2 aromatic rings. The van der Waals surface area contributed by atoms with Gasteiger partial charge in [0.05, 0.1) is 24.0 Å². The minimum absolute atomic E-state index is 0.137. The Bertz CT molecular complexity index is 704. The van der Waals surface area contributed by atoms with Gasteiger partial charge in [-0.3, -0.25) is 5.43 Å². The van der Waals surface area contributed by atoms with E-state index in [1.54, 1.807) is 12.1 Å². The number of nitrogens with zero attached hydrogens (tertiary/aromatic N) is 1. The quantitative estimate of drug-likeness (QED) is 0.627. The van der Waals surface area contributed by atoms with E-state index in [0.717, 1.165) is 17.0 Å². The van der Waals surface area contributed by atoms with Crippen molar-refractivity contribution in [1.29, 1.82) is 0 Å². The summed E-state index contributed by atoms with van der Waals surface area (Å²) >= 11 is 0. The fourth-order valence-corrected chi connectivity index (χ4v) is 1.95. The summed E-state index contributed by atoms with van der Waals surface area (Å²) in [5, 5.41) is 15.0. The summed E-state index contributed by atoms with van der Waals surface area (Å²) in [7, 11) is 0. The summed E-state index contributed by atoms with van der Waals surface area (Å²) in [6, 6.07) is 14.0. The Kier molecular flexibility index (Phi) is 5.95. The summed E-state index contributed by atoms with van der Waals surface area (Å²) in [5.74, 6) is 0.132. The molecule has 0 saturated carbocycles. The number of carbonyl (C=O) groups excluding carboxylic acids is 1. The van der Waals surface area contributed by atoms with Gasteiger partial charge in [0, 0.05) is 0 Å². The highest BCUT2D eigenvalue weighted by molar-refractivity contribution is 5.99. The number of hydrazone groups is 1. The van der Waals surface area contributed by atoms with Gasteiger partial charge in [-0.2, -0.15) is 5.10 Å². The molecule has 0 radical (unpaired) electrons. The Balaban J connectivity index is 1.98. The number of anilines is 1. The molecule has 24 heavy (non-hydrogen) atoms. The number of aromatic carboxylic acids is 1. The van der Waals surface area contributed by atoms with E-state index in [4.69, 9.17) is 4.74 Å². The summed E-state index contributed by atoms with van der Waals surface area (Å²) in [4.78, 5) is 10.7. The molecule has 0 saturated heterocycles. The Morgan fingerprint density at radius 2 is 1.67 bits per heavy atom. The van der Waals surface area contributed by atoms with Gasteiger partial charge in [0.2, 0.25) is 0 Å². The lowest BCUT2D eigenvalue weighted by molar-refractivity contribution is -0.255. The highest BCUT2D eigenvalue weighted by Crippen LogP contribution is 2.15. The average molecular weight is 325 g/mol. The molecule has 2 rings (SSSR count). The van der Waals surface area contributed by atoms with E-state index in [-0.39, 0.29) is 5.56 Å². The first kappa shape index (κ1) is 17.5. The maximum atomic E-state index is 10.7. The summed E-state index contributed by atoms with van der Waals surface area (Å²) < 4.78 is 5.65. The van der Waals surface area contributed by atoms with Gasteiger partial charge in [0.15, 0.2) is 0 Å². The molecule has 0 spiro atoms. The number of carboxylic acid groups (broad SMARTS) is 1. The van der Waals surface area contributed by atoms with Gasteiger partial charge in [-0.15, -0.1) is 0 Å². The second kappa shape index (κ2) is 8.15. The van der Waals surface area contributed by atoms with E-state index in [1.807, 2.05) is 31.2 Å². The SMILES string of the molecule is C/C(=N/Nc1ccc(C(=O)[O-])cc1)c1ccc(OCC(C)C)cc1. The molecule has 0 bridgehead atoms. The molecule has 126 valence electrons. The summed E-state index contributed by atoms with van der Waals surface area (Å²) in [6.45, 7) is 6.80. The van der Waals surface area contributed by atoms with Crippen LogP contribution in [0.5, 0.6) is 5.75 Å². The summed E-state index contributed by atoms with van der Waals surface area (Å²) in [5.41, 5.74) is 5.54. The van der Waals surface area contributed by atoms with Gasteiger partial charge >= 0.3 is 0 Å². The fourth-order valence-electron chi connectivity index (χ4n) is 1.95. The van der Waals surface area contributed by atoms with Crippen LogP contribution in [0.15, 0.2) is 53.6 Å². The lowest BCUT2D eigenvalue weighted by atomic mass is 10.1. The van der Waals surface area contributed by atoms with Crippen molar-refractivity contribution in [3.05, 3.63) is 59.7 Å². The third-order valence-corrected chi connectivity index (χ3v) is 3.33. The predicted octanol–water partition coefficient (Wildman–Crippen LogP) is 2.92. The normalized spacial score (nSPS) is 11.4. The van der Waals surface area contributed by atoms with Crippen LogP contribution in [0.3, 0.4) is 0 Å². The van der Waals surface area contributed by atoms with E-state index in [1.165, 1.54) is 12.1 Å². The van der Waals surface area contributed by atoms with Crippen molar-refractivity contribution >= 4 is 17.4 Å². The van der Waals surface area contributed by atoms with Crippen LogP contribution in [0.4, 0.5) is 5.69 Å². The number of benzene rings is 2. The second-order valence-electron chi connectivity index (χ2n) is 5.90. The van der Waals surface area contributed by atoms with Crippen molar-refractivity contribution in [3.63, 3.8) is 0 Å². The van der Waals surface area contributed by atoms with Crippen molar-refractivity contribution in [1.82, 2.24) is 0 Å². The van der Waals surface area contributed by atoms with Gasteiger partial charge in [0.25, 0.3) is 0 Å². The summed E-state index contributed by atoms with van der Waals surface area (Å²) in [6.07, 6.45) is 0. The maximum absolute atomic E-state index is 10.7. The zero-order chi connectivity index (χ0) is 17.5. The van der Waals surface area contributed by atoms with E-state index >= 15 is 0 Å². The zero-order valence-corrected chi connectivity index (χ0v) is 14.1. The van der Waals surface area contributed by atoms with Crippen molar-refractivity contribution in [2.75, 3.05) is 12.0 Å². The van der Waals surface area contributed by atoms with Crippen molar-refractivity contribution in [2.24, 2.45) is 11.0 Å². The minimum Gasteiger partial charge on any atom is -0.545 e. The molecule has 0 fully saturated rings. The van der Waals surface area contributed by atoms with Crippen LogP contribution in [-0.2, 0) is 0 Å². The number of rotatable bonds is 7. The molecule has 5 heteroatoms. The number of ether oxygens (including phenoxy) is 1. The number of carboxylic acids is 1. The molecule has 5 nitrogen and oxygen atoms in total. The molecular weight excluding hydrogens is 304 g/mol.